The molecule has 1 aromatic heterocycles. The number of benzene rings is 1. The fourth-order valence-electron chi connectivity index (χ4n) is 3.02. The summed E-state index contributed by atoms with van der Waals surface area (Å²) in [6, 6.07) is 8.34. The quantitative estimate of drug-likeness (QED) is 0.811. The average molecular weight is 304 g/mol. The number of oxazole rings is 1. The van der Waals surface area contributed by atoms with Crippen LogP contribution in [0.2, 0.25) is 0 Å². The molecule has 0 spiro atoms. The van der Waals surface area contributed by atoms with Gasteiger partial charge >= 0.3 is 0 Å². The third-order valence-electron chi connectivity index (χ3n) is 4.07. The molecule has 2 atom stereocenters. The number of rotatable bonds is 3. The minimum absolute atomic E-state index is 0.182. The van der Waals surface area contributed by atoms with Crippen LogP contribution in [0.25, 0.3) is 11.1 Å². The lowest BCUT2D eigenvalue weighted by Gasteiger charge is -2.39. The Morgan fingerprint density at radius 2 is 2.05 bits per heavy atom. The van der Waals surface area contributed by atoms with Gasteiger partial charge in [-0.2, -0.15) is 0 Å². The summed E-state index contributed by atoms with van der Waals surface area (Å²) in [5.74, 6) is 0.573. The first-order valence-electron chi connectivity index (χ1n) is 7.44. The standard InChI is InChI=1S/C16H20N2O2S/c1-11-6-5-7-12(2)18(11)15(19)10-21-16-17-13-8-3-4-9-14(13)20-16/h3-4,8-9,11-12H,5-7,10H2,1-2H3/t11-,12-/m1/s1. The van der Waals surface area contributed by atoms with Crippen LogP contribution in [-0.4, -0.2) is 33.6 Å². The Kier molecular flexibility index (Phi) is 4.19. The van der Waals surface area contributed by atoms with Crippen molar-refractivity contribution in [2.45, 2.75) is 50.4 Å². The Morgan fingerprint density at radius 1 is 1.33 bits per heavy atom. The second-order valence-corrected chi connectivity index (χ2v) is 6.59. The van der Waals surface area contributed by atoms with E-state index >= 15 is 0 Å². The maximum Gasteiger partial charge on any atom is 0.257 e. The molecule has 1 amide bonds. The molecule has 4 nitrogen and oxygen atoms in total. The summed E-state index contributed by atoms with van der Waals surface area (Å²) in [4.78, 5) is 18.9. The molecule has 1 aliphatic rings. The van der Waals surface area contributed by atoms with E-state index in [1.165, 1.54) is 18.2 Å². The van der Waals surface area contributed by atoms with Gasteiger partial charge in [-0.15, -0.1) is 0 Å². The lowest BCUT2D eigenvalue weighted by Crippen LogP contribution is -2.48. The van der Waals surface area contributed by atoms with Crippen molar-refractivity contribution in [3.05, 3.63) is 24.3 Å². The highest BCUT2D eigenvalue weighted by Gasteiger charge is 2.28. The second kappa shape index (κ2) is 6.10. The molecule has 0 radical (unpaired) electrons. The highest BCUT2D eigenvalue weighted by molar-refractivity contribution is 7.99. The minimum Gasteiger partial charge on any atom is -0.431 e. The first kappa shape index (κ1) is 14.4. The molecule has 21 heavy (non-hydrogen) atoms. The van der Waals surface area contributed by atoms with Gasteiger partial charge in [0.25, 0.3) is 5.22 Å². The van der Waals surface area contributed by atoms with E-state index in [4.69, 9.17) is 4.42 Å². The predicted molar refractivity (Wildman–Crippen MR) is 84.4 cm³/mol. The number of hydrogen-bond acceptors (Lipinski definition) is 4. The fourth-order valence-corrected chi connectivity index (χ4v) is 3.73. The smallest absolute Gasteiger partial charge is 0.257 e. The molecule has 0 aliphatic carbocycles. The molecule has 112 valence electrons. The largest absolute Gasteiger partial charge is 0.431 e. The SMILES string of the molecule is C[C@@H]1CCC[C@@H](C)N1C(=O)CSc1nc2ccccc2o1. The van der Waals surface area contributed by atoms with E-state index in [9.17, 15) is 4.79 Å². The maximum atomic E-state index is 12.4. The van der Waals surface area contributed by atoms with Gasteiger partial charge in [0.2, 0.25) is 5.91 Å². The lowest BCUT2D eigenvalue weighted by molar-refractivity contribution is -0.134. The monoisotopic (exact) mass is 304 g/mol. The van der Waals surface area contributed by atoms with Crippen molar-refractivity contribution in [2.75, 3.05) is 5.75 Å². The van der Waals surface area contributed by atoms with Gasteiger partial charge in [0.05, 0.1) is 5.75 Å². The van der Waals surface area contributed by atoms with E-state index in [2.05, 4.69) is 18.8 Å². The predicted octanol–water partition coefficient (Wildman–Crippen LogP) is 3.71. The van der Waals surface area contributed by atoms with Gasteiger partial charge in [0, 0.05) is 12.1 Å². The molecule has 0 N–H and O–H groups in total. The zero-order valence-corrected chi connectivity index (χ0v) is 13.2. The van der Waals surface area contributed by atoms with Crippen LogP contribution < -0.4 is 0 Å². The summed E-state index contributed by atoms with van der Waals surface area (Å²) in [5.41, 5.74) is 1.61. The van der Waals surface area contributed by atoms with Crippen LogP contribution >= 0.6 is 11.8 Å². The van der Waals surface area contributed by atoms with Gasteiger partial charge in [-0.25, -0.2) is 4.98 Å². The number of nitrogens with zero attached hydrogens (tertiary/aromatic N) is 2. The Hall–Kier alpha value is -1.49. The number of likely N-dealkylation sites (tertiary alicyclic amines) is 1. The number of amides is 1. The van der Waals surface area contributed by atoms with Crippen LogP contribution in [0.15, 0.2) is 33.9 Å². The third kappa shape index (κ3) is 3.07. The van der Waals surface area contributed by atoms with Crippen molar-refractivity contribution in [2.24, 2.45) is 0 Å². The second-order valence-electron chi connectivity index (χ2n) is 5.67. The van der Waals surface area contributed by atoms with Gasteiger partial charge in [-0.3, -0.25) is 4.79 Å². The maximum absolute atomic E-state index is 12.4. The Labute approximate surface area is 128 Å². The van der Waals surface area contributed by atoms with E-state index < -0.39 is 0 Å². The summed E-state index contributed by atoms with van der Waals surface area (Å²) in [5, 5.41) is 0.571. The first-order chi connectivity index (χ1) is 10.1. The van der Waals surface area contributed by atoms with E-state index in [0.717, 1.165) is 23.9 Å². The normalized spacial score (nSPS) is 22.7. The van der Waals surface area contributed by atoms with Gasteiger partial charge in [0.15, 0.2) is 5.58 Å². The van der Waals surface area contributed by atoms with Crippen molar-refractivity contribution >= 4 is 28.8 Å². The molecule has 5 heteroatoms. The lowest BCUT2D eigenvalue weighted by atomic mass is 9.98. The molecule has 1 aromatic carbocycles. The zero-order valence-electron chi connectivity index (χ0n) is 12.4. The van der Waals surface area contributed by atoms with Gasteiger partial charge in [0.1, 0.15) is 5.52 Å². The fraction of sp³-hybridized carbons (Fsp3) is 0.500. The first-order valence-corrected chi connectivity index (χ1v) is 8.43. The van der Waals surface area contributed by atoms with Gasteiger partial charge in [-0.1, -0.05) is 23.9 Å². The molecular formula is C16H20N2O2S. The Balaban J connectivity index is 1.65. The average Bonchev–Trinajstić information content (AvgIpc) is 2.87. The molecule has 2 aromatic rings. The van der Waals surface area contributed by atoms with E-state index in [1.807, 2.05) is 29.2 Å². The van der Waals surface area contributed by atoms with Crippen LogP contribution in [0.1, 0.15) is 33.1 Å². The molecule has 1 fully saturated rings. The van der Waals surface area contributed by atoms with Crippen LogP contribution in [0.4, 0.5) is 0 Å². The van der Waals surface area contributed by atoms with Crippen molar-refractivity contribution in [3.8, 4) is 0 Å². The van der Waals surface area contributed by atoms with Crippen molar-refractivity contribution in [1.82, 2.24) is 9.88 Å². The molecule has 0 unspecified atom stereocenters. The molecule has 0 saturated carbocycles. The minimum atomic E-state index is 0.182. The third-order valence-corrected chi connectivity index (χ3v) is 4.89. The van der Waals surface area contributed by atoms with Crippen LogP contribution in [-0.2, 0) is 4.79 Å². The van der Waals surface area contributed by atoms with Crippen LogP contribution in [0.3, 0.4) is 0 Å². The topological polar surface area (TPSA) is 46.3 Å². The van der Waals surface area contributed by atoms with E-state index in [-0.39, 0.29) is 5.91 Å². The van der Waals surface area contributed by atoms with Crippen LogP contribution in [0, 0.1) is 0 Å². The van der Waals surface area contributed by atoms with E-state index in [0.29, 0.717) is 23.1 Å². The highest BCUT2D eigenvalue weighted by atomic mass is 32.2. The molecule has 3 rings (SSSR count). The van der Waals surface area contributed by atoms with E-state index in [1.54, 1.807) is 0 Å². The molecule has 1 aliphatic heterocycles. The number of para-hydroxylation sites is 2. The van der Waals surface area contributed by atoms with Crippen LogP contribution in [0.5, 0.6) is 0 Å². The number of carbonyl (C=O) groups excluding carboxylic acids is 1. The van der Waals surface area contributed by atoms with Gasteiger partial charge < -0.3 is 9.32 Å². The number of aromatic nitrogens is 1. The zero-order chi connectivity index (χ0) is 14.8. The summed E-state index contributed by atoms with van der Waals surface area (Å²) in [7, 11) is 0. The number of piperidine rings is 1. The molecular weight excluding hydrogens is 284 g/mol. The van der Waals surface area contributed by atoms with Gasteiger partial charge in [-0.05, 0) is 45.2 Å². The number of hydrogen-bond donors (Lipinski definition) is 0. The van der Waals surface area contributed by atoms with Crippen molar-refractivity contribution in [3.63, 3.8) is 0 Å². The summed E-state index contributed by atoms with van der Waals surface area (Å²) in [6.07, 6.45) is 3.41. The Bertz CT molecular complexity index is 597. The van der Waals surface area contributed by atoms with Crippen molar-refractivity contribution < 1.29 is 9.21 Å². The molecule has 0 bridgehead atoms. The Morgan fingerprint density at radius 3 is 2.76 bits per heavy atom. The summed E-state index contributed by atoms with van der Waals surface area (Å²) >= 11 is 1.38. The highest BCUT2D eigenvalue weighted by Crippen LogP contribution is 2.26. The molecule has 2 heterocycles. The number of fused-ring (bicyclic) bond motifs is 1. The summed E-state index contributed by atoms with van der Waals surface area (Å²) < 4.78 is 5.64. The molecule has 1 saturated heterocycles. The summed E-state index contributed by atoms with van der Waals surface area (Å²) in [6.45, 7) is 4.27. The number of carbonyl (C=O) groups is 1. The van der Waals surface area contributed by atoms with Crippen molar-refractivity contribution in [1.29, 1.82) is 0 Å². The number of thioether (sulfide) groups is 1.